The van der Waals surface area contributed by atoms with Crippen molar-refractivity contribution < 1.29 is 14.2 Å². The SMILES string of the molecule is CC1(C)COC(/C=C/c2ccc3c(c2)OCO3)=N1. The number of hydrogen-bond acceptors (Lipinski definition) is 4. The Kier molecular flexibility index (Phi) is 2.51. The molecule has 1 aromatic rings. The molecule has 0 saturated heterocycles. The van der Waals surface area contributed by atoms with Crippen molar-refractivity contribution in [3.8, 4) is 11.5 Å². The third kappa shape index (κ3) is 2.18. The molecule has 2 aliphatic rings. The van der Waals surface area contributed by atoms with Crippen LogP contribution in [0.15, 0.2) is 29.3 Å². The van der Waals surface area contributed by atoms with Gasteiger partial charge >= 0.3 is 0 Å². The maximum atomic E-state index is 5.49. The normalized spacial score (nSPS) is 20.0. The van der Waals surface area contributed by atoms with Crippen molar-refractivity contribution in [1.82, 2.24) is 0 Å². The molecule has 0 atom stereocenters. The highest BCUT2D eigenvalue weighted by molar-refractivity contribution is 5.93. The van der Waals surface area contributed by atoms with Crippen LogP contribution in [0, 0.1) is 0 Å². The predicted molar refractivity (Wildman–Crippen MR) is 69.1 cm³/mol. The molecule has 0 spiro atoms. The first-order chi connectivity index (χ1) is 8.62. The van der Waals surface area contributed by atoms with E-state index in [0.717, 1.165) is 17.1 Å². The summed E-state index contributed by atoms with van der Waals surface area (Å²) in [5.41, 5.74) is 0.921. The van der Waals surface area contributed by atoms with E-state index in [1.807, 2.05) is 30.4 Å². The second-order valence-corrected chi connectivity index (χ2v) is 5.00. The molecule has 94 valence electrons. The summed E-state index contributed by atoms with van der Waals surface area (Å²) < 4.78 is 16.1. The van der Waals surface area contributed by atoms with Crippen molar-refractivity contribution in [2.75, 3.05) is 13.4 Å². The van der Waals surface area contributed by atoms with Crippen molar-refractivity contribution in [1.29, 1.82) is 0 Å². The topological polar surface area (TPSA) is 40.0 Å². The van der Waals surface area contributed by atoms with E-state index in [1.165, 1.54) is 0 Å². The summed E-state index contributed by atoms with van der Waals surface area (Å²) in [6.07, 6.45) is 3.84. The third-order valence-corrected chi connectivity index (χ3v) is 2.80. The summed E-state index contributed by atoms with van der Waals surface area (Å²) in [7, 11) is 0. The van der Waals surface area contributed by atoms with E-state index in [0.29, 0.717) is 19.3 Å². The summed E-state index contributed by atoms with van der Waals surface area (Å²) in [5.74, 6) is 2.26. The van der Waals surface area contributed by atoms with Crippen molar-refractivity contribution in [2.24, 2.45) is 4.99 Å². The molecule has 1 aromatic carbocycles. The lowest BCUT2D eigenvalue weighted by atomic mass is 10.1. The lowest BCUT2D eigenvalue weighted by Crippen LogP contribution is -2.17. The lowest BCUT2D eigenvalue weighted by molar-refractivity contribution is 0.174. The Hall–Kier alpha value is -1.97. The molecular formula is C14H15NO3. The van der Waals surface area contributed by atoms with Gasteiger partial charge in [-0.3, -0.25) is 0 Å². The first-order valence-corrected chi connectivity index (χ1v) is 5.93. The number of benzene rings is 1. The van der Waals surface area contributed by atoms with Gasteiger partial charge in [-0.1, -0.05) is 6.07 Å². The van der Waals surface area contributed by atoms with Crippen molar-refractivity contribution in [3.05, 3.63) is 29.8 Å². The highest BCUT2D eigenvalue weighted by atomic mass is 16.7. The van der Waals surface area contributed by atoms with Crippen LogP contribution in [0.3, 0.4) is 0 Å². The smallest absolute Gasteiger partial charge is 0.231 e. The third-order valence-electron chi connectivity index (χ3n) is 2.80. The van der Waals surface area contributed by atoms with Gasteiger partial charge in [0.1, 0.15) is 6.61 Å². The van der Waals surface area contributed by atoms with Crippen LogP contribution in [0.1, 0.15) is 19.4 Å². The molecule has 0 saturated carbocycles. The lowest BCUT2D eigenvalue weighted by Gasteiger charge is -2.07. The second kappa shape index (κ2) is 4.05. The molecule has 0 bridgehead atoms. The fourth-order valence-electron chi connectivity index (χ4n) is 1.88. The van der Waals surface area contributed by atoms with Gasteiger partial charge < -0.3 is 14.2 Å². The molecule has 0 N–H and O–H groups in total. The average molecular weight is 245 g/mol. The minimum atomic E-state index is -0.117. The van der Waals surface area contributed by atoms with Crippen LogP contribution in [-0.4, -0.2) is 24.8 Å². The van der Waals surface area contributed by atoms with Crippen LogP contribution in [0.4, 0.5) is 0 Å². The molecule has 0 unspecified atom stereocenters. The van der Waals surface area contributed by atoms with Crippen molar-refractivity contribution in [3.63, 3.8) is 0 Å². The Morgan fingerprint density at radius 2 is 1.94 bits per heavy atom. The summed E-state index contributed by atoms with van der Waals surface area (Å²) >= 11 is 0. The van der Waals surface area contributed by atoms with Crippen LogP contribution >= 0.6 is 0 Å². The first-order valence-electron chi connectivity index (χ1n) is 5.93. The molecule has 4 nitrogen and oxygen atoms in total. The summed E-state index contributed by atoms with van der Waals surface area (Å²) in [6, 6.07) is 5.83. The zero-order chi connectivity index (χ0) is 12.6. The van der Waals surface area contributed by atoms with E-state index >= 15 is 0 Å². The molecule has 2 aliphatic heterocycles. The second-order valence-electron chi connectivity index (χ2n) is 5.00. The van der Waals surface area contributed by atoms with Crippen LogP contribution < -0.4 is 9.47 Å². The molecule has 0 aliphatic carbocycles. The van der Waals surface area contributed by atoms with Gasteiger partial charge in [-0.25, -0.2) is 4.99 Å². The van der Waals surface area contributed by atoms with Crippen molar-refractivity contribution in [2.45, 2.75) is 19.4 Å². The highest BCUT2D eigenvalue weighted by Gasteiger charge is 2.24. The van der Waals surface area contributed by atoms with E-state index in [2.05, 4.69) is 18.8 Å². The quantitative estimate of drug-likeness (QED) is 0.804. The number of aliphatic imine (C=N–C) groups is 1. The minimum Gasteiger partial charge on any atom is -0.475 e. The van der Waals surface area contributed by atoms with Gasteiger partial charge in [-0.05, 0) is 37.6 Å². The maximum Gasteiger partial charge on any atom is 0.231 e. The number of hydrogen-bond donors (Lipinski definition) is 0. The zero-order valence-electron chi connectivity index (χ0n) is 10.5. The number of fused-ring (bicyclic) bond motifs is 1. The minimum absolute atomic E-state index is 0.117. The zero-order valence-corrected chi connectivity index (χ0v) is 10.5. The summed E-state index contributed by atoms with van der Waals surface area (Å²) in [5, 5.41) is 0. The van der Waals surface area contributed by atoms with Crippen LogP contribution in [0.2, 0.25) is 0 Å². The average Bonchev–Trinajstić information content (AvgIpc) is 2.92. The van der Waals surface area contributed by atoms with Crippen LogP contribution in [0.5, 0.6) is 11.5 Å². The van der Waals surface area contributed by atoms with Gasteiger partial charge in [0.25, 0.3) is 0 Å². The molecule has 3 rings (SSSR count). The Morgan fingerprint density at radius 1 is 1.11 bits per heavy atom. The summed E-state index contributed by atoms with van der Waals surface area (Å²) in [6.45, 7) is 5.03. The number of nitrogens with zero attached hydrogens (tertiary/aromatic N) is 1. The van der Waals surface area contributed by atoms with Gasteiger partial charge in [0.15, 0.2) is 11.5 Å². The van der Waals surface area contributed by atoms with Gasteiger partial charge in [0, 0.05) is 6.08 Å². The number of rotatable bonds is 2. The molecule has 0 radical (unpaired) electrons. The van der Waals surface area contributed by atoms with Crippen LogP contribution in [-0.2, 0) is 4.74 Å². The first kappa shape index (κ1) is 11.1. The molecule has 0 aromatic heterocycles. The van der Waals surface area contributed by atoms with Crippen molar-refractivity contribution >= 4 is 12.0 Å². The molecule has 0 amide bonds. The van der Waals surface area contributed by atoms with Gasteiger partial charge in [0.05, 0.1) is 5.54 Å². The Morgan fingerprint density at radius 3 is 2.72 bits per heavy atom. The molecule has 4 heteroatoms. The fourth-order valence-corrected chi connectivity index (χ4v) is 1.88. The largest absolute Gasteiger partial charge is 0.475 e. The predicted octanol–water partition coefficient (Wildman–Crippen LogP) is 2.64. The van der Waals surface area contributed by atoms with Gasteiger partial charge in [-0.15, -0.1) is 0 Å². The van der Waals surface area contributed by atoms with Crippen LogP contribution in [0.25, 0.3) is 6.08 Å². The standard InChI is InChI=1S/C14H15NO3/c1-14(2)8-16-13(15-14)6-4-10-3-5-11-12(7-10)18-9-17-11/h3-7H,8-9H2,1-2H3/b6-4+. The molecular weight excluding hydrogens is 230 g/mol. The van der Waals surface area contributed by atoms with E-state index in [4.69, 9.17) is 14.2 Å². The maximum absolute atomic E-state index is 5.49. The van der Waals surface area contributed by atoms with E-state index in [1.54, 1.807) is 0 Å². The molecule has 0 fully saturated rings. The fraction of sp³-hybridized carbons (Fsp3) is 0.357. The Bertz CT molecular complexity index is 532. The van der Waals surface area contributed by atoms with Gasteiger partial charge in [-0.2, -0.15) is 0 Å². The highest BCUT2D eigenvalue weighted by Crippen LogP contribution is 2.32. The van der Waals surface area contributed by atoms with Gasteiger partial charge in [0.2, 0.25) is 12.7 Å². The monoisotopic (exact) mass is 245 g/mol. The van der Waals surface area contributed by atoms with E-state index in [-0.39, 0.29) is 5.54 Å². The molecule has 2 heterocycles. The summed E-state index contributed by atoms with van der Waals surface area (Å²) in [4.78, 5) is 4.46. The van der Waals surface area contributed by atoms with E-state index in [9.17, 15) is 0 Å². The number of ether oxygens (including phenoxy) is 3. The Labute approximate surface area is 106 Å². The molecule has 18 heavy (non-hydrogen) atoms. The van der Waals surface area contributed by atoms with E-state index < -0.39 is 0 Å². The Balaban J connectivity index is 1.77.